The number of nitrogens with one attached hydrogen (secondary N) is 4. The topological polar surface area (TPSA) is 185 Å². The molecule has 0 spiro atoms. The number of methoxy groups -OCH3 is 2. The van der Waals surface area contributed by atoms with E-state index in [9.17, 15) is 29.4 Å². The first-order chi connectivity index (χ1) is 29.1. The Morgan fingerprint density at radius 2 is 1.10 bits per heavy atom. The number of ether oxygens (including phenoxy) is 2. The second-order valence-electron chi connectivity index (χ2n) is 15.7. The van der Waals surface area contributed by atoms with E-state index in [0.29, 0.717) is 37.3 Å². The van der Waals surface area contributed by atoms with Crippen molar-refractivity contribution >= 4 is 24.0 Å². The summed E-state index contributed by atoms with van der Waals surface area (Å²) in [5.74, 6) is 0.656. The van der Waals surface area contributed by atoms with Gasteiger partial charge in [0.05, 0.1) is 38.4 Å². The van der Waals surface area contributed by atoms with Crippen LogP contribution in [-0.2, 0) is 35.8 Å². The molecule has 2 aromatic carbocycles. The van der Waals surface area contributed by atoms with Gasteiger partial charge >= 0.3 is 0 Å². The van der Waals surface area contributed by atoms with Crippen LogP contribution in [0.15, 0.2) is 94.5 Å². The minimum atomic E-state index is -0.505. The number of allylic oxidation sites excluding steroid dienone is 2. The lowest BCUT2D eigenvalue weighted by molar-refractivity contribution is -0.125. The highest BCUT2D eigenvalue weighted by atomic mass is 16.5. The predicted molar refractivity (Wildman–Crippen MR) is 228 cm³/mol. The van der Waals surface area contributed by atoms with Crippen LogP contribution in [0.4, 0.5) is 0 Å². The molecule has 0 saturated carbocycles. The van der Waals surface area contributed by atoms with Gasteiger partial charge in [-0.25, -0.2) is 0 Å². The fraction of sp³-hybridized carbons (Fsp3) is 0.391. The molecule has 8 atom stereocenters. The van der Waals surface area contributed by atoms with Gasteiger partial charge in [-0.2, -0.15) is 0 Å². The zero-order valence-electron chi connectivity index (χ0n) is 34.3. The van der Waals surface area contributed by atoms with Crippen molar-refractivity contribution in [3.05, 3.63) is 139 Å². The van der Waals surface area contributed by atoms with Crippen LogP contribution >= 0.6 is 0 Å². The molecule has 0 unspecified atom stereocenters. The first-order valence-corrected chi connectivity index (χ1v) is 20.4. The Labute approximate surface area is 348 Å². The van der Waals surface area contributed by atoms with Crippen LogP contribution in [0.3, 0.4) is 0 Å². The number of carbonyl (C=O) groups is 2. The molecule has 4 aliphatic rings. The predicted octanol–water partition coefficient (Wildman–Crippen LogP) is 2.92. The molecule has 0 radical (unpaired) electrons. The lowest BCUT2D eigenvalue weighted by atomic mass is 9.88. The molecule has 4 aliphatic heterocycles. The maximum Gasteiger partial charge on any atom is 0.258 e. The Balaban J connectivity index is 0.000000181. The number of benzene rings is 2. The Morgan fingerprint density at radius 1 is 0.683 bits per heavy atom. The van der Waals surface area contributed by atoms with Gasteiger partial charge in [0, 0.05) is 85.6 Å². The summed E-state index contributed by atoms with van der Waals surface area (Å²) in [6, 6.07) is 21.4. The van der Waals surface area contributed by atoms with E-state index in [2.05, 4.69) is 21.3 Å². The highest BCUT2D eigenvalue weighted by molar-refractivity contribution is 5.83. The molecule has 0 aliphatic carbocycles. The standard InChI is InChI=1S/2C23H27N3O4/c2*1-3-5-15-8-9-19-20-17(12-26(19)23(15)29)18(13-27)21(25-20)22(28)24-11-14-6-4-7-16(10-14)30-2/h2*3-10,17-18,20-21,25,27H,11-13H2,1-2H3,(H,24,28)/b5-3+;5-3-/t2*17-,18-,20+,21-/m00/s1. The maximum absolute atomic E-state index is 12.9. The molecule has 14 heteroatoms. The molecule has 8 rings (SSSR count). The summed E-state index contributed by atoms with van der Waals surface area (Å²) in [6.07, 6.45) is 7.29. The minimum absolute atomic E-state index is 0.00359. The van der Waals surface area contributed by atoms with E-state index in [4.69, 9.17) is 9.47 Å². The monoisotopic (exact) mass is 818 g/mol. The number of nitrogens with zero attached hydrogens (tertiary/aromatic N) is 2. The van der Waals surface area contributed by atoms with Crippen LogP contribution in [0.2, 0.25) is 0 Å². The average Bonchev–Trinajstić information content (AvgIpc) is 4.03. The Bertz CT molecular complexity index is 2220. The Morgan fingerprint density at radius 3 is 1.47 bits per heavy atom. The number of hydrogen-bond acceptors (Lipinski definition) is 10. The highest BCUT2D eigenvalue weighted by Gasteiger charge is 2.51. The van der Waals surface area contributed by atoms with Crippen molar-refractivity contribution in [1.82, 2.24) is 30.4 Å². The summed E-state index contributed by atoms with van der Waals surface area (Å²) < 4.78 is 14.0. The molecule has 2 saturated heterocycles. The molecule has 316 valence electrons. The summed E-state index contributed by atoms with van der Waals surface area (Å²) >= 11 is 0. The summed E-state index contributed by atoms with van der Waals surface area (Å²) in [7, 11) is 3.21. The first kappa shape index (κ1) is 42.3. The molecule has 6 N–H and O–H groups in total. The fourth-order valence-electron chi connectivity index (χ4n) is 9.32. The van der Waals surface area contributed by atoms with Crippen LogP contribution in [0.1, 0.15) is 59.6 Å². The van der Waals surface area contributed by atoms with Crippen molar-refractivity contribution in [1.29, 1.82) is 0 Å². The van der Waals surface area contributed by atoms with Gasteiger partial charge in [-0.3, -0.25) is 29.8 Å². The lowest BCUT2D eigenvalue weighted by Gasteiger charge is -2.21. The maximum atomic E-state index is 12.9. The van der Waals surface area contributed by atoms with Gasteiger partial charge < -0.3 is 39.5 Å². The third-order valence-electron chi connectivity index (χ3n) is 12.3. The number of aliphatic hydroxyl groups excluding tert-OH is 2. The van der Waals surface area contributed by atoms with Gasteiger partial charge in [-0.15, -0.1) is 0 Å². The van der Waals surface area contributed by atoms with Gasteiger partial charge in [0.25, 0.3) is 11.1 Å². The number of aromatic nitrogens is 2. The summed E-state index contributed by atoms with van der Waals surface area (Å²) in [5, 5.41) is 32.7. The summed E-state index contributed by atoms with van der Waals surface area (Å²) in [5.41, 5.74) is 4.86. The molecule has 0 bridgehead atoms. The van der Waals surface area contributed by atoms with E-state index in [0.717, 1.165) is 34.0 Å². The quantitative estimate of drug-likeness (QED) is 0.124. The van der Waals surface area contributed by atoms with E-state index < -0.39 is 12.1 Å². The second-order valence-corrected chi connectivity index (χ2v) is 15.7. The molecule has 2 aromatic heterocycles. The molecule has 2 fully saturated rings. The summed E-state index contributed by atoms with van der Waals surface area (Å²) in [4.78, 5) is 51.3. The van der Waals surface area contributed by atoms with Crippen molar-refractivity contribution in [2.24, 2.45) is 23.7 Å². The normalized spacial score (nSPS) is 24.6. The third-order valence-corrected chi connectivity index (χ3v) is 12.3. The lowest BCUT2D eigenvalue weighted by Crippen LogP contribution is -2.46. The number of hydrogen-bond donors (Lipinski definition) is 6. The van der Waals surface area contributed by atoms with Gasteiger partial charge in [0.15, 0.2) is 0 Å². The number of aliphatic hydroxyl groups is 2. The molecular weight excluding hydrogens is 765 g/mol. The van der Waals surface area contributed by atoms with Crippen LogP contribution in [0.5, 0.6) is 11.5 Å². The largest absolute Gasteiger partial charge is 0.497 e. The zero-order chi connectivity index (χ0) is 42.5. The third kappa shape index (κ3) is 8.33. The van der Waals surface area contributed by atoms with Crippen molar-refractivity contribution in [3.63, 3.8) is 0 Å². The van der Waals surface area contributed by atoms with Crippen molar-refractivity contribution in [2.45, 2.75) is 64.2 Å². The van der Waals surface area contributed by atoms with Gasteiger partial charge in [-0.1, -0.05) is 48.6 Å². The molecule has 60 heavy (non-hydrogen) atoms. The van der Waals surface area contributed by atoms with Crippen LogP contribution in [0.25, 0.3) is 12.2 Å². The van der Waals surface area contributed by atoms with E-state index >= 15 is 0 Å². The number of amides is 2. The van der Waals surface area contributed by atoms with Gasteiger partial charge in [-0.05, 0) is 73.5 Å². The Hall–Kier alpha value is -5.80. The van der Waals surface area contributed by atoms with Gasteiger partial charge in [0.1, 0.15) is 11.5 Å². The summed E-state index contributed by atoms with van der Waals surface area (Å²) in [6.45, 7) is 5.29. The van der Waals surface area contributed by atoms with E-state index in [-0.39, 0.29) is 71.9 Å². The first-order valence-electron chi connectivity index (χ1n) is 20.4. The van der Waals surface area contributed by atoms with Crippen LogP contribution in [0, 0.1) is 23.7 Å². The SMILES string of the molecule is C/C=C/c1ccc2n(c1=O)C[C@H]1[C@H](CO)[C@@H](C(=O)NCc3cccc(OC)c3)N[C@@H]21.C/C=C\c1ccc2n(c1=O)C[C@H]1[C@H](CO)[C@@H](C(=O)NCc3cccc(OC)c3)N[C@@H]21. The molecule has 4 aromatic rings. The van der Waals surface area contributed by atoms with Gasteiger partial charge in [0.2, 0.25) is 11.8 Å². The zero-order valence-corrected chi connectivity index (χ0v) is 34.3. The number of rotatable bonds is 12. The van der Waals surface area contributed by atoms with E-state index in [1.54, 1.807) is 35.5 Å². The molecule has 14 nitrogen and oxygen atoms in total. The average molecular weight is 819 g/mol. The minimum Gasteiger partial charge on any atom is -0.497 e. The van der Waals surface area contributed by atoms with Crippen molar-refractivity contribution in [2.75, 3.05) is 27.4 Å². The highest BCUT2D eigenvalue weighted by Crippen LogP contribution is 2.43. The van der Waals surface area contributed by atoms with E-state index in [1.165, 1.54) is 0 Å². The van der Waals surface area contributed by atoms with E-state index in [1.807, 2.05) is 98.8 Å². The van der Waals surface area contributed by atoms with Crippen LogP contribution < -0.4 is 41.9 Å². The molecule has 6 heterocycles. The van der Waals surface area contributed by atoms with Crippen molar-refractivity contribution in [3.8, 4) is 11.5 Å². The number of pyridine rings is 2. The number of fused-ring (bicyclic) bond motifs is 6. The van der Waals surface area contributed by atoms with Crippen molar-refractivity contribution < 1.29 is 29.3 Å². The fourth-order valence-corrected chi connectivity index (χ4v) is 9.32. The number of carbonyl (C=O) groups excluding carboxylic acids is 2. The molecular formula is C46H54N6O8. The Kier molecular flexibility index (Phi) is 13.1. The molecule has 2 amide bonds. The smallest absolute Gasteiger partial charge is 0.258 e. The van der Waals surface area contributed by atoms with Crippen LogP contribution in [-0.4, -0.2) is 70.7 Å². The second kappa shape index (κ2) is 18.6.